The van der Waals surface area contributed by atoms with Gasteiger partial charge >= 0.3 is 0 Å². The minimum absolute atomic E-state index is 0.0336. The van der Waals surface area contributed by atoms with Crippen molar-refractivity contribution < 1.29 is 9.47 Å². The molecule has 0 aliphatic heterocycles. The molecule has 1 aromatic heterocycles. The van der Waals surface area contributed by atoms with Crippen LogP contribution in [-0.4, -0.2) is 29.8 Å². The zero-order valence-corrected chi connectivity index (χ0v) is 12.8. The lowest BCUT2D eigenvalue weighted by Gasteiger charge is -2.40. The topological polar surface area (TPSA) is 69.4 Å². The van der Waals surface area contributed by atoms with E-state index in [4.69, 9.17) is 15.2 Å². The summed E-state index contributed by atoms with van der Waals surface area (Å²) in [7, 11) is 1.77. The third kappa shape index (κ3) is 3.54. The first-order valence-corrected chi connectivity index (χ1v) is 7.08. The highest BCUT2D eigenvalue weighted by Gasteiger charge is 2.36. The van der Waals surface area contributed by atoms with E-state index in [0.29, 0.717) is 11.6 Å². The van der Waals surface area contributed by atoms with Crippen molar-refractivity contribution in [3.05, 3.63) is 12.1 Å². The van der Waals surface area contributed by atoms with Gasteiger partial charge in [0.2, 0.25) is 5.88 Å². The van der Waals surface area contributed by atoms with E-state index in [2.05, 4.69) is 10.3 Å². The highest BCUT2D eigenvalue weighted by molar-refractivity contribution is 5.53. The maximum Gasteiger partial charge on any atom is 0.239 e. The summed E-state index contributed by atoms with van der Waals surface area (Å²) in [6.45, 7) is 6.68. The molecule has 1 fully saturated rings. The molecule has 1 aliphatic rings. The molecule has 0 unspecified atom stereocenters. The van der Waals surface area contributed by atoms with Crippen LogP contribution in [0.25, 0.3) is 0 Å². The molecule has 1 aromatic rings. The van der Waals surface area contributed by atoms with Gasteiger partial charge in [0, 0.05) is 13.7 Å². The van der Waals surface area contributed by atoms with Crippen LogP contribution in [0, 0.1) is 0 Å². The average molecular weight is 279 g/mol. The molecule has 1 saturated carbocycles. The summed E-state index contributed by atoms with van der Waals surface area (Å²) < 4.78 is 11.3. The standard InChI is InChI=1S/C15H25N3O2/c1-14(2,3)20-13-11(16)6-7-12(18-13)17-10-15(19-4)8-5-9-15/h6-7H,5,8-10,16H2,1-4H3,(H,17,18). The third-order valence-corrected chi connectivity index (χ3v) is 3.58. The number of hydrogen-bond donors (Lipinski definition) is 2. The van der Waals surface area contributed by atoms with Crippen LogP contribution >= 0.6 is 0 Å². The van der Waals surface area contributed by atoms with E-state index in [1.54, 1.807) is 7.11 Å². The molecule has 0 spiro atoms. The van der Waals surface area contributed by atoms with Gasteiger partial charge in [-0.05, 0) is 52.2 Å². The third-order valence-electron chi connectivity index (χ3n) is 3.58. The number of nitrogens with zero attached hydrogens (tertiary/aromatic N) is 1. The number of pyridine rings is 1. The Kier molecular flexibility index (Phi) is 4.09. The molecule has 112 valence electrons. The molecule has 5 nitrogen and oxygen atoms in total. The Balaban J connectivity index is 2.03. The van der Waals surface area contributed by atoms with Gasteiger partial charge in [0.15, 0.2) is 0 Å². The molecule has 1 aliphatic carbocycles. The lowest BCUT2D eigenvalue weighted by Crippen LogP contribution is -2.45. The summed E-state index contributed by atoms with van der Waals surface area (Å²) in [5.74, 6) is 1.24. The van der Waals surface area contributed by atoms with Gasteiger partial charge in [0.1, 0.15) is 11.4 Å². The number of nitrogens with two attached hydrogens (primary N) is 1. The van der Waals surface area contributed by atoms with Gasteiger partial charge in [0.05, 0.1) is 11.3 Å². The van der Waals surface area contributed by atoms with Crippen molar-refractivity contribution in [3.8, 4) is 5.88 Å². The second kappa shape index (κ2) is 5.48. The Bertz CT molecular complexity index is 459. The number of hydrogen-bond acceptors (Lipinski definition) is 5. The first-order chi connectivity index (χ1) is 9.34. The summed E-state index contributed by atoms with van der Waals surface area (Å²) in [5, 5.41) is 3.32. The molecule has 0 amide bonds. The maximum atomic E-state index is 5.90. The van der Waals surface area contributed by atoms with Crippen LogP contribution in [0.1, 0.15) is 40.0 Å². The van der Waals surface area contributed by atoms with Crippen LogP contribution in [-0.2, 0) is 4.74 Å². The smallest absolute Gasteiger partial charge is 0.239 e. The van der Waals surface area contributed by atoms with Gasteiger partial charge in [-0.1, -0.05) is 0 Å². The second-order valence-corrected chi connectivity index (χ2v) is 6.40. The molecule has 1 heterocycles. The molecule has 0 saturated heterocycles. The van der Waals surface area contributed by atoms with E-state index in [0.717, 1.165) is 25.2 Å². The van der Waals surface area contributed by atoms with Crippen LogP contribution in [0.5, 0.6) is 5.88 Å². The normalized spacial score (nSPS) is 17.4. The Labute approximate surface area is 120 Å². The highest BCUT2D eigenvalue weighted by Crippen LogP contribution is 2.35. The van der Waals surface area contributed by atoms with Crippen LogP contribution in [0.3, 0.4) is 0 Å². The molecular formula is C15H25N3O2. The first kappa shape index (κ1) is 14.9. The Morgan fingerprint density at radius 2 is 2.05 bits per heavy atom. The van der Waals surface area contributed by atoms with Crippen molar-refractivity contribution in [2.75, 3.05) is 24.7 Å². The Hall–Kier alpha value is -1.49. The number of aromatic nitrogens is 1. The zero-order chi connectivity index (χ0) is 14.8. The molecule has 0 bridgehead atoms. The molecular weight excluding hydrogens is 254 g/mol. The number of ether oxygens (including phenoxy) is 2. The van der Waals surface area contributed by atoms with Gasteiger partial charge in [0.25, 0.3) is 0 Å². The lowest BCUT2D eigenvalue weighted by molar-refractivity contribution is -0.0601. The van der Waals surface area contributed by atoms with Crippen molar-refractivity contribution in [2.45, 2.75) is 51.2 Å². The average Bonchev–Trinajstić information content (AvgIpc) is 2.30. The van der Waals surface area contributed by atoms with E-state index in [1.807, 2.05) is 32.9 Å². The van der Waals surface area contributed by atoms with Gasteiger partial charge in [-0.15, -0.1) is 0 Å². The Morgan fingerprint density at radius 3 is 2.55 bits per heavy atom. The number of anilines is 2. The molecule has 20 heavy (non-hydrogen) atoms. The maximum absolute atomic E-state index is 5.90. The highest BCUT2D eigenvalue weighted by atomic mass is 16.5. The van der Waals surface area contributed by atoms with Gasteiger partial charge in [-0.25, -0.2) is 0 Å². The molecule has 2 rings (SSSR count). The van der Waals surface area contributed by atoms with Crippen LogP contribution < -0.4 is 15.8 Å². The first-order valence-electron chi connectivity index (χ1n) is 7.08. The summed E-state index contributed by atoms with van der Waals surface area (Å²) in [6, 6.07) is 3.68. The summed E-state index contributed by atoms with van der Waals surface area (Å²) in [4.78, 5) is 4.44. The van der Waals surface area contributed by atoms with E-state index in [-0.39, 0.29) is 11.2 Å². The molecule has 5 heteroatoms. The predicted molar refractivity (Wildman–Crippen MR) is 81.1 cm³/mol. The van der Waals surface area contributed by atoms with Crippen LogP contribution in [0.15, 0.2) is 12.1 Å². The second-order valence-electron chi connectivity index (χ2n) is 6.40. The fraction of sp³-hybridized carbons (Fsp3) is 0.667. The fourth-order valence-electron chi connectivity index (χ4n) is 2.20. The largest absolute Gasteiger partial charge is 0.470 e. The summed E-state index contributed by atoms with van der Waals surface area (Å²) in [6.07, 6.45) is 3.41. The van der Waals surface area contributed by atoms with Gasteiger partial charge < -0.3 is 20.5 Å². The molecule has 0 aromatic carbocycles. The van der Waals surface area contributed by atoms with E-state index in [9.17, 15) is 0 Å². The monoisotopic (exact) mass is 279 g/mol. The number of nitrogens with one attached hydrogen (secondary N) is 1. The van der Waals surface area contributed by atoms with Gasteiger partial charge in [-0.2, -0.15) is 4.98 Å². The minimum atomic E-state index is -0.318. The predicted octanol–water partition coefficient (Wildman–Crippen LogP) is 2.82. The van der Waals surface area contributed by atoms with E-state index in [1.165, 1.54) is 6.42 Å². The molecule has 0 radical (unpaired) electrons. The van der Waals surface area contributed by atoms with Crippen molar-refractivity contribution in [2.24, 2.45) is 0 Å². The number of methoxy groups -OCH3 is 1. The SMILES string of the molecule is COC1(CNc2ccc(N)c(OC(C)(C)C)n2)CCC1. The Morgan fingerprint density at radius 1 is 1.35 bits per heavy atom. The number of rotatable bonds is 5. The molecule has 0 atom stereocenters. The van der Waals surface area contributed by atoms with Crippen LogP contribution in [0.4, 0.5) is 11.5 Å². The molecule has 3 N–H and O–H groups in total. The fourth-order valence-corrected chi connectivity index (χ4v) is 2.20. The summed E-state index contributed by atoms with van der Waals surface area (Å²) in [5.41, 5.74) is 6.10. The van der Waals surface area contributed by atoms with Crippen molar-refractivity contribution in [1.29, 1.82) is 0 Å². The van der Waals surface area contributed by atoms with Crippen molar-refractivity contribution in [3.63, 3.8) is 0 Å². The summed E-state index contributed by atoms with van der Waals surface area (Å²) >= 11 is 0. The number of nitrogen functional groups attached to an aromatic ring is 1. The minimum Gasteiger partial charge on any atom is -0.470 e. The quantitative estimate of drug-likeness (QED) is 0.867. The van der Waals surface area contributed by atoms with Crippen LogP contribution in [0.2, 0.25) is 0 Å². The van der Waals surface area contributed by atoms with Crippen molar-refractivity contribution in [1.82, 2.24) is 4.98 Å². The van der Waals surface area contributed by atoms with Gasteiger partial charge in [-0.3, -0.25) is 0 Å². The van der Waals surface area contributed by atoms with Crippen molar-refractivity contribution >= 4 is 11.5 Å². The zero-order valence-electron chi connectivity index (χ0n) is 12.8. The van der Waals surface area contributed by atoms with E-state index < -0.39 is 0 Å². The lowest BCUT2D eigenvalue weighted by atomic mass is 9.80. The van der Waals surface area contributed by atoms with E-state index >= 15 is 0 Å².